The predicted molar refractivity (Wildman–Crippen MR) is 141 cm³/mol. The molecule has 36 heavy (non-hydrogen) atoms. The average Bonchev–Trinajstić information content (AvgIpc) is 3.32. The Morgan fingerprint density at radius 1 is 1.11 bits per heavy atom. The summed E-state index contributed by atoms with van der Waals surface area (Å²) in [6.07, 6.45) is 1.53. The Bertz CT molecular complexity index is 1660. The van der Waals surface area contributed by atoms with E-state index < -0.39 is 0 Å². The number of H-pyrrole nitrogens is 1. The third kappa shape index (κ3) is 4.58. The van der Waals surface area contributed by atoms with E-state index in [2.05, 4.69) is 31.9 Å². The Labute approximate surface area is 207 Å². The summed E-state index contributed by atoms with van der Waals surface area (Å²) in [7, 11) is 1.64. The lowest BCUT2D eigenvalue weighted by atomic mass is 10.1. The lowest BCUT2D eigenvalue weighted by Crippen LogP contribution is -2.17. The summed E-state index contributed by atoms with van der Waals surface area (Å²) in [4.78, 5) is 20.4. The maximum Gasteiger partial charge on any atom is 0.287 e. The molecule has 0 spiro atoms. The van der Waals surface area contributed by atoms with Crippen molar-refractivity contribution in [1.82, 2.24) is 15.4 Å². The molecular weight excluding hydrogens is 452 g/mol. The highest BCUT2D eigenvalue weighted by atomic mass is 16.5. The molecule has 176 valence electrons. The highest BCUT2D eigenvalue weighted by molar-refractivity contribution is 6.00. The molecule has 0 bridgehead atoms. The molecule has 3 aromatic carbocycles. The summed E-state index contributed by atoms with van der Waals surface area (Å²) in [6, 6.07) is 24.4. The van der Waals surface area contributed by atoms with E-state index in [1.165, 1.54) is 6.21 Å². The number of nitriles is 1. The highest BCUT2D eigenvalue weighted by Gasteiger charge is 2.11. The second kappa shape index (κ2) is 9.60. The molecule has 5 rings (SSSR count). The lowest BCUT2D eigenvalue weighted by Gasteiger charge is -2.13. The number of carbonyl (C=O) groups excluding carboxylic acids is 1. The molecule has 2 heterocycles. The van der Waals surface area contributed by atoms with E-state index in [-0.39, 0.29) is 5.91 Å². The largest absolute Gasteiger partial charge is 0.494 e. The Balaban J connectivity index is 1.35. The quantitative estimate of drug-likeness (QED) is 0.225. The van der Waals surface area contributed by atoms with Gasteiger partial charge in [0.2, 0.25) is 0 Å². The molecule has 0 radical (unpaired) electrons. The van der Waals surface area contributed by atoms with Gasteiger partial charge in [0.15, 0.2) is 0 Å². The first-order valence-corrected chi connectivity index (χ1v) is 11.2. The highest BCUT2D eigenvalue weighted by Crippen LogP contribution is 2.32. The lowest BCUT2D eigenvalue weighted by molar-refractivity contribution is 0.0951. The zero-order chi connectivity index (χ0) is 25.1. The Morgan fingerprint density at radius 3 is 2.72 bits per heavy atom. The monoisotopic (exact) mass is 474 g/mol. The van der Waals surface area contributed by atoms with E-state index in [1.54, 1.807) is 37.4 Å². The third-order valence-corrected chi connectivity index (χ3v) is 5.71. The normalized spacial score (nSPS) is 11.0. The number of aromatic amines is 1. The van der Waals surface area contributed by atoms with Gasteiger partial charge in [0.1, 0.15) is 17.0 Å². The molecule has 0 saturated carbocycles. The molecule has 2 aromatic heterocycles. The number of nitrogens with zero attached hydrogens (tertiary/aromatic N) is 3. The molecule has 0 atom stereocenters. The van der Waals surface area contributed by atoms with Crippen molar-refractivity contribution >= 4 is 45.3 Å². The molecule has 5 aromatic rings. The minimum absolute atomic E-state index is 0.353. The summed E-state index contributed by atoms with van der Waals surface area (Å²) in [5.74, 6) is 0.367. The zero-order valence-corrected chi connectivity index (χ0v) is 19.7. The van der Waals surface area contributed by atoms with Crippen LogP contribution < -0.4 is 15.5 Å². The van der Waals surface area contributed by atoms with Gasteiger partial charge in [-0.1, -0.05) is 24.3 Å². The fourth-order valence-corrected chi connectivity index (χ4v) is 3.98. The number of carbonyl (C=O) groups is 1. The van der Waals surface area contributed by atoms with Gasteiger partial charge in [0.05, 0.1) is 25.0 Å². The van der Waals surface area contributed by atoms with Crippen molar-refractivity contribution in [1.29, 1.82) is 5.26 Å². The number of nitrogens with one attached hydrogen (secondary N) is 3. The third-order valence-electron chi connectivity index (χ3n) is 5.71. The van der Waals surface area contributed by atoms with E-state index in [1.807, 2.05) is 49.4 Å². The van der Waals surface area contributed by atoms with Crippen LogP contribution in [0.2, 0.25) is 0 Å². The summed E-state index contributed by atoms with van der Waals surface area (Å²) in [5, 5.41) is 18.2. The van der Waals surface area contributed by atoms with Crippen molar-refractivity contribution in [3.8, 4) is 11.8 Å². The number of methoxy groups -OCH3 is 1. The second-order valence-corrected chi connectivity index (χ2v) is 8.21. The number of aryl methyl sites for hydroxylation is 1. The number of anilines is 2. The van der Waals surface area contributed by atoms with Gasteiger partial charge in [0.25, 0.3) is 5.91 Å². The van der Waals surface area contributed by atoms with Gasteiger partial charge >= 0.3 is 0 Å². The first-order valence-electron chi connectivity index (χ1n) is 11.2. The fraction of sp³-hybridized carbons (Fsp3) is 0.0714. The number of hydrogen-bond donors (Lipinski definition) is 3. The molecule has 0 aliphatic rings. The maximum atomic E-state index is 12.6. The van der Waals surface area contributed by atoms with E-state index in [4.69, 9.17) is 10.00 Å². The van der Waals surface area contributed by atoms with Crippen LogP contribution in [-0.2, 0) is 0 Å². The number of pyridine rings is 1. The van der Waals surface area contributed by atoms with Gasteiger partial charge in [-0.3, -0.25) is 4.79 Å². The second-order valence-electron chi connectivity index (χ2n) is 8.21. The summed E-state index contributed by atoms with van der Waals surface area (Å²) < 4.78 is 5.48. The summed E-state index contributed by atoms with van der Waals surface area (Å²) in [6.45, 7) is 1.95. The molecule has 1 amide bonds. The van der Waals surface area contributed by atoms with Crippen molar-refractivity contribution in [3.63, 3.8) is 0 Å². The topological polar surface area (TPSA) is 115 Å². The van der Waals surface area contributed by atoms with Gasteiger partial charge < -0.3 is 15.0 Å². The minimum Gasteiger partial charge on any atom is -0.494 e. The van der Waals surface area contributed by atoms with Crippen LogP contribution in [0.4, 0.5) is 11.4 Å². The molecule has 3 N–H and O–H groups in total. The van der Waals surface area contributed by atoms with Crippen molar-refractivity contribution < 1.29 is 9.53 Å². The molecule has 8 nitrogen and oxygen atoms in total. The summed E-state index contributed by atoms with van der Waals surface area (Å²) in [5.41, 5.74) is 8.56. The number of amides is 1. The van der Waals surface area contributed by atoms with Crippen LogP contribution in [0.1, 0.15) is 27.3 Å². The van der Waals surface area contributed by atoms with Crippen molar-refractivity contribution in [2.45, 2.75) is 6.92 Å². The number of hydrogen-bond acceptors (Lipinski definition) is 6. The number of hydrazone groups is 1. The van der Waals surface area contributed by atoms with E-state index in [0.717, 1.165) is 50.2 Å². The molecule has 0 saturated heterocycles. The summed E-state index contributed by atoms with van der Waals surface area (Å²) >= 11 is 0. The fourth-order valence-electron chi connectivity index (χ4n) is 3.98. The maximum absolute atomic E-state index is 12.6. The number of ether oxygens (including phenoxy) is 1. The number of rotatable bonds is 6. The Kier molecular flexibility index (Phi) is 6.03. The van der Waals surface area contributed by atoms with Crippen molar-refractivity contribution in [3.05, 3.63) is 95.3 Å². The molecule has 0 unspecified atom stereocenters. The average molecular weight is 475 g/mol. The first-order chi connectivity index (χ1) is 17.5. The predicted octanol–water partition coefficient (Wildman–Crippen LogP) is 5.41. The Morgan fingerprint density at radius 2 is 1.94 bits per heavy atom. The number of para-hydroxylation sites is 1. The van der Waals surface area contributed by atoms with Crippen LogP contribution in [0.15, 0.2) is 77.9 Å². The van der Waals surface area contributed by atoms with Crippen LogP contribution >= 0.6 is 0 Å². The zero-order valence-electron chi connectivity index (χ0n) is 19.7. The number of benzene rings is 3. The van der Waals surface area contributed by atoms with Gasteiger partial charge in [-0.25, -0.2) is 10.4 Å². The smallest absolute Gasteiger partial charge is 0.287 e. The van der Waals surface area contributed by atoms with Gasteiger partial charge in [-0.2, -0.15) is 10.4 Å². The Hall–Kier alpha value is -5.16. The van der Waals surface area contributed by atoms with Crippen LogP contribution in [-0.4, -0.2) is 29.2 Å². The molecule has 8 heteroatoms. The molecule has 0 fully saturated rings. The molecule has 0 aliphatic carbocycles. The van der Waals surface area contributed by atoms with Crippen LogP contribution in [0.5, 0.6) is 5.75 Å². The van der Waals surface area contributed by atoms with Crippen molar-refractivity contribution in [2.75, 3.05) is 12.4 Å². The van der Waals surface area contributed by atoms with Gasteiger partial charge in [-0.15, -0.1) is 0 Å². The standard InChI is InChI=1S/C28H22N6O2/c1-17-12-24(22-4-3-5-26(36-2)27(22)31-17)32-21-10-11-23-20(13-21)14-25(33-23)28(35)34-30-16-19-8-6-18(15-29)7-9-19/h3-14,16,33H,1-2H3,(H,31,32)(H,34,35)/b30-16+. The minimum atomic E-state index is -0.353. The van der Waals surface area contributed by atoms with Crippen LogP contribution in [0.3, 0.4) is 0 Å². The van der Waals surface area contributed by atoms with Crippen molar-refractivity contribution in [2.24, 2.45) is 5.10 Å². The van der Waals surface area contributed by atoms with Gasteiger partial charge in [-0.05, 0) is 61.0 Å². The number of aromatic nitrogens is 2. The van der Waals surface area contributed by atoms with E-state index in [9.17, 15) is 4.79 Å². The van der Waals surface area contributed by atoms with E-state index in [0.29, 0.717) is 11.3 Å². The van der Waals surface area contributed by atoms with E-state index >= 15 is 0 Å². The molecular formula is C28H22N6O2. The SMILES string of the molecule is COc1cccc2c(Nc3ccc4[nH]c(C(=O)N/N=C/c5ccc(C#N)cc5)cc4c3)cc(C)nc12. The number of fused-ring (bicyclic) bond motifs is 2. The van der Waals surface area contributed by atoms with Gasteiger partial charge in [0, 0.05) is 33.4 Å². The first kappa shape index (κ1) is 22.6. The van der Waals surface area contributed by atoms with Crippen LogP contribution in [0.25, 0.3) is 21.8 Å². The molecule has 0 aliphatic heterocycles. The van der Waals surface area contributed by atoms with Crippen LogP contribution in [0, 0.1) is 18.3 Å².